The van der Waals surface area contributed by atoms with Crippen LogP contribution in [0.2, 0.25) is 0 Å². The average molecular weight is 305 g/mol. The van der Waals surface area contributed by atoms with E-state index in [1.54, 1.807) is 0 Å². The molecule has 0 amide bonds. The van der Waals surface area contributed by atoms with Crippen molar-refractivity contribution in [1.82, 2.24) is 0 Å². The molecule has 0 spiro atoms. The van der Waals surface area contributed by atoms with Crippen molar-refractivity contribution >= 4 is 5.97 Å². The smallest absolute Gasteiger partial charge is 0.306 e. The number of nitrogens with zero attached hydrogens (tertiary/aromatic N) is 1. The fraction of sp³-hybridized carbons (Fsp3) is 0.917. The molecule has 0 aliphatic carbocycles. The summed E-state index contributed by atoms with van der Waals surface area (Å²) >= 11 is 0. The highest BCUT2D eigenvalue weighted by Crippen LogP contribution is 2.29. The van der Waals surface area contributed by atoms with Gasteiger partial charge in [0, 0.05) is 6.42 Å². The van der Waals surface area contributed by atoms with Crippen molar-refractivity contribution < 1.29 is 34.0 Å². The van der Waals surface area contributed by atoms with Crippen molar-refractivity contribution in [3.63, 3.8) is 0 Å². The van der Waals surface area contributed by atoms with E-state index in [-0.39, 0.29) is 32.2 Å². The molecule has 2 saturated heterocycles. The highest BCUT2D eigenvalue weighted by molar-refractivity contribution is 5.69. The van der Waals surface area contributed by atoms with Crippen molar-refractivity contribution in [2.45, 2.75) is 50.1 Å². The standard InChI is InChI=1S/C12H19NO8/c14-8-6-18-12-9(7-19-11(8)12)21-10(15)4-2-1-3-5-20-13(16)17/h8-9,11-12,14H,1-7H2. The molecule has 0 bridgehead atoms. The van der Waals surface area contributed by atoms with Gasteiger partial charge in [0.1, 0.15) is 18.3 Å². The largest absolute Gasteiger partial charge is 0.457 e. The first kappa shape index (κ1) is 15.9. The van der Waals surface area contributed by atoms with E-state index in [1.165, 1.54) is 0 Å². The first-order valence-corrected chi connectivity index (χ1v) is 6.96. The van der Waals surface area contributed by atoms with Crippen LogP contribution in [0.4, 0.5) is 0 Å². The van der Waals surface area contributed by atoms with Crippen LogP contribution in [0.15, 0.2) is 0 Å². The fourth-order valence-electron chi connectivity index (χ4n) is 2.46. The summed E-state index contributed by atoms with van der Waals surface area (Å²) in [4.78, 5) is 25.8. The lowest BCUT2D eigenvalue weighted by molar-refractivity contribution is -0.757. The van der Waals surface area contributed by atoms with Gasteiger partial charge in [-0.1, -0.05) is 6.42 Å². The number of hydrogen-bond acceptors (Lipinski definition) is 8. The number of ether oxygens (including phenoxy) is 3. The Morgan fingerprint density at radius 2 is 2.00 bits per heavy atom. The molecular weight excluding hydrogens is 286 g/mol. The molecule has 9 heteroatoms. The maximum Gasteiger partial charge on any atom is 0.306 e. The Bertz CT molecular complexity index is 376. The second-order valence-corrected chi connectivity index (χ2v) is 5.06. The summed E-state index contributed by atoms with van der Waals surface area (Å²) < 4.78 is 16.0. The Balaban J connectivity index is 1.57. The minimum absolute atomic E-state index is 0.0357. The molecule has 9 nitrogen and oxygen atoms in total. The molecule has 4 unspecified atom stereocenters. The average Bonchev–Trinajstić information content (AvgIpc) is 2.98. The molecule has 0 radical (unpaired) electrons. The Hall–Kier alpha value is -1.45. The van der Waals surface area contributed by atoms with Crippen molar-refractivity contribution in [3.05, 3.63) is 10.1 Å². The van der Waals surface area contributed by atoms with E-state index < -0.39 is 29.5 Å². The molecule has 2 fully saturated rings. The molecule has 2 aliphatic heterocycles. The van der Waals surface area contributed by atoms with Gasteiger partial charge in [0.05, 0.1) is 19.8 Å². The lowest BCUT2D eigenvalue weighted by Crippen LogP contribution is -2.34. The van der Waals surface area contributed by atoms with Crippen LogP contribution >= 0.6 is 0 Å². The van der Waals surface area contributed by atoms with Gasteiger partial charge in [0.25, 0.3) is 5.09 Å². The number of rotatable bonds is 8. The second kappa shape index (κ2) is 7.53. The molecule has 2 rings (SSSR count). The van der Waals surface area contributed by atoms with E-state index in [4.69, 9.17) is 14.2 Å². The van der Waals surface area contributed by atoms with Crippen LogP contribution in [0.3, 0.4) is 0 Å². The Labute approximate surface area is 121 Å². The predicted molar refractivity (Wildman–Crippen MR) is 66.8 cm³/mol. The summed E-state index contributed by atoms with van der Waals surface area (Å²) in [5, 5.41) is 18.6. The first-order chi connectivity index (χ1) is 10.1. The van der Waals surface area contributed by atoms with Crippen LogP contribution in [-0.2, 0) is 23.8 Å². The maximum atomic E-state index is 11.7. The molecule has 2 aliphatic rings. The zero-order valence-corrected chi connectivity index (χ0v) is 11.5. The highest BCUT2D eigenvalue weighted by atomic mass is 16.9. The number of hydrogen-bond donors (Lipinski definition) is 1. The molecule has 0 aromatic heterocycles. The zero-order valence-electron chi connectivity index (χ0n) is 11.5. The van der Waals surface area contributed by atoms with E-state index in [0.717, 1.165) is 0 Å². The summed E-state index contributed by atoms with van der Waals surface area (Å²) in [5.74, 6) is -0.357. The minimum atomic E-state index is -0.833. The van der Waals surface area contributed by atoms with Crippen LogP contribution < -0.4 is 0 Å². The van der Waals surface area contributed by atoms with Gasteiger partial charge in [0.2, 0.25) is 0 Å². The van der Waals surface area contributed by atoms with E-state index in [0.29, 0.717) is 19.3 Å². The predicted octanol–water partition coefficient (Wildman–Crippen LogP) is -0.175. The third-order valence-corrected chi connectivity index (χ3v) is 3.49. The van der Waals surface area contributed by atoms with Crippen molar-refractivity contribution in [2.75, 3.05) is 19.8 Å². The van der Waals surface area contributed by atoms with Gasteiger partial charge in [-0.25, -0.2) is 0 Å². The van der Waals surface area contributed by atoms with Crippen molar-refractivity contribution in [2.24, 2.45) is 0 Å². The molecule has 120 valence electrons. The van der Waals surface area contributed by atoms with Gasteiger partial charge in [0.15, 0.2) is 6.10 Å². The monoisotopic (exact) mass is 305 g/mol. The SMILES string of the molecule is O=C(CCCCCO[N+](=O)[O-])OC1COC2C(O)COC12. The van der Waals surface area contributed by atoms with Crippen LogP contribution in [0.5, 0.6) is 0 Å². The quantitative estimate of drug-likeness (QED) is 0.284. The summed E-state index contributed by atoms with van der Waals surface area (Å²) in [6, 6.07) is 0. The number of carbonyl (C=O) groups excluding carboxylic acids is 1. The van der Waals surface area contributed by atoms with Gasteiger partial charge in [-0.2, -0.15) is 0 Å². The van der Waals surface area contributed by atoms with Crippen molar-refractivity contribution in [3.8, 4) is 0 Å². The van der Waals surface area contributed by atoms with E-state index in [2.05, 4.69) is 4.84 Å². The van der Waals surface area contributed by atoms with E-state index in [9.17, 15) is 20.0 Å². The normalized spacial score (nSPS) is 30.9. The third kappa shape index (κ3) is 4.51. The van der Waals surface area contributed by atoms with E-state index >= 15 is 0 Å². The maximum absolute atomic E-state index is 11.7. The summed E-state index contributed by atoms with van der Waals surface area (Å²) in [6.07, 6.45) is 0.0175. The minimum Gasteiger partial charge on any atom is -0.457 e. The van der Waals surface area contributed by atoms with Crippen LogP contribution in [-0.4, -0.2) is 60.4 Å². The summed E-state index contributed by atoms with van der Waals surface area (Å²) in [7, 11) is 0. The molecule has 2 heterocycles. The summed E-state index contributed by atoms with van der Waals surface area (Å²) in [5.41, 5.74) is 0. The van der Waals surface area contributed by atoms with Crippen LogP contribution in [0.1, 0.15) is 25.7 Å². The third-order valence-electron chi connectivity index (χ3n) is 3.49. The lowest BCUT2D eigenvalue weighted by Gasteiger charge is -2.16. The van der Waals surface area contributed by atoms with Gasteiger partial charge in [-0.05, 0) is 12.8 Å². The van der Waals surface area contributed by atoms with Gasteiger partial charge < -0.3 is 24.2 Å². The molecule has 0 aromatic rings. The topological polar surface area (TPSA) is 117 Å². The number of fused-ring (bicyclic) bond motifs is 1. The van der Waals surface area contributed by atoms with Crippen LogP contribution in [0, 0.1) is 10.1 Å². The fourth-order valence-corrected chi connectivity index (χ4v) is 2.46. The Kier molecular flexibility index (Phi) is 5.71. The molecule has 1 N–H and O–H groups in total. The number of aliphatic hydroxyl groups excluding tert-OH is 1. The molecule has 0 saturated carbocycles. The van der Waals surface area contributed by atoms with Gasteiger partial charge >= 0.3 is 5.97 Å². The lowest BCUT2D eigenvalue weighted by atomic mass is 10.1. The Morgan fingerprint density at radius 1 is 1.24 bits per heavy atom. The molecule has 21 heavy (non-hydrogen) atoms. The van der Waals surface area contributed by atoms with Gasteiger partial charge in [-0.15, -0.1) is 10.1 Å². The number of carbonyl (C=O) groups is 1. The molecular formula is C12H19NO8. The van der Waals surface area contributed by atoms with Crippen molar-refractivity contribution in [1.29, 1.82) is 0 Å². The highest BCUT2D eigenvalue weighted by Gasteiger charge is 2.48. The van der Waals surface area contributed by atoms with Crippen LogP contribution in [0.25, 0.3) is 0 Å². The number of aliphatic hydroxyl groups is 1. The first-order valence-electron chi connectivity index (χ1n) is 6.96. The number of esters is 1. The number of unbranched alkanes of at least 4 members (excludes halogenated alkanes) is 2. The molecule has 0 aromatic carbocycles. The summed E-state index contributed by atoms with van der Waals surface area (Å²) in [6.45, 7) is 0.461. The zero-order chi connectivity index (χ0) is 15.2. The molecule has 4 atom stereocenters. The second-order valence-electron chi connectivity index (χ2n) is 5.06. The van der Waals surface area contributed by atoms with E-state index in [1.807, 2.05) is 0 Å². The Morgan fingerprint density at radius 3 is 2.76 bits per heavy atom. The van der Waals surface area contributed by atoms with Gasteiger partial charge in [-0.3, -0.25) is 4.79 Å².